The Morgan fingerprint density at radius 1 is 1.29 bits per heavy atom. The summed E-state index contributed by atoms with van der Waals surface area (Å²) in [6.07, 6.45) is 6.16. The van der Waals surface area contributed by atoms with Gasteiger partial charge in [0.25, 0.3) is 0 Å². The van der Waals surface area contributed by atoms with Gasteiger partial charge in [0.1, 0.15) is 0 Å². The Bertz CT molecular complexity index is 449. The second-order valence-electron chi connectivity index (χ2n) is 5.96. The molecule has 1 aromatic carbocycles. The number of nitrogens with one attached hydrogen (secondary N) is 1. The summed E-state index contributed by atoms with van der Waals surface area (Å²) in [5.74, 6) is 2.18. The van der Waals surface area contributed by atoms with Crippen molar-refractivity contribution in [1.82, 2.24) is 5.32 Å². The minimum Gasteiger partial charge on any atom is -0.314 e. The predicted molar refractivity (Wildman–Crippen MR) is 92.2 cm³/mol. The Hall–Kier alpha value is -0.380. The lowest BCUT2D eigenvalue weighted by Crippen LogP contribution is -2.33. The fraction of sp³-hybridized carbons (Fsp3) is 0.647. The molecule has 1 N–H and O–H groups in total. The minimum absolute atomic E-state index is 0.650. The van der Waals surface area contributed by atoms with Gasteiger partial charge in [0.2, 0.25) is 0 Å². The highest BCUT2D eigenvalue weighted by Gasteiger charge is 2.26. The van der Waals surface area contributed by atoms with Crippen molar-refractivity contribution >= 4 is 22.4 Å². The molecule has 1 aliphatic rings. The van der Waals surface area contributed by atoms with E-state index in [1.807, 2.05) is 24.3 Å². The lowest BCUT2D eigenvalue weighted by molar-refractivity contribution is 0.393. The molecule has 0 amide bonds. The lowest BCUT2D eigenvalue weighted by atomic mass is 10.0. The summed E-state index contributed by atoms with van der Waals surface area (Å²) < 4.78 is 12.2. The summed E-state index contributed by atoms with van der Waals surface area (Å²) in [4.78, 5) is 0. The molecule has 2 nitrogen and oxygen atoms in total. The fourth-order valence-electron chi connectivity index (χ4n) is 3.10. The van der Waals surface area contributed by atoms with E-state index >= 15 is 0 Å². The van der Waals surface area contributed by atoms with Crippen LogP contribution >= 0.6 is 11.6 Å². The number of hydrogen-bond donors (Lipinski definition) is 1. The molecule has 3 atom stereocenters. The summed E-state index contributed by atoms with van der Waals surface area (Å²) in [7, 11) is -0.765. The van der Waals surface area contributed by atoms with E-state index in [0.717, 1.165) is 29.3 Å². The fourth-order valence-corrected chi connectivity index (χ4v) is 4.50. The molecule has 0 saturated heterocycles. The van der Waals surface area contributed by atoms with Crippen LogP contribution in [0.15, 0.2) is 24.3 Å². The maximum absolute atomic E-state index is 12.2. The highest BCUT2D eigenvalue weighted by molar-refractivity contribution is 7.84. The van der Waals surface area contributed by atoms with Gasteiger partial charge in [-0.15, -0.1) is 0 Å². The number of benzene rings is 1. The molecule has 21 heavy (non-hydrogen) atoms. The summed E-state index contributed by atoms with van der Waals surface area (Å²) in [5.41, 5.74) is 1.12. The molecular formula is C17H26ClNOS. The van der Waals surface area contributed by atoms with Crippen LogP contribution in [0.1, 0.15) is 44.6 Å². The smallest absolute Gasteiger partial charge is 0.0485 e. The van der Waals surface area contributed by atoms with Gasteiger partial charge in [-0.25, -0.2) is 0 Å². The molecule has 0 radical (unpaired) electrons. The van der Waals surface area contributed by atoms with E-state index in [1.54, 1.807) is 0 Å². The van der Waals surface area contributed by atoms with Gasteiger partial charge in [0.15, 0.2) is 0 Å². The van der Waals surface area contributed by atoms with Gasteiger partial charge in [0, 0.05) is 33.4 Å². The molecule has 1 aromatic rings. The van der Waals surface area contributed by atoms with Crippen molar-refractivity contribution in [1.29, 1.82) is 0 Å². The van der Waals surface area contributed by atoms with Gasteiger partial charge in [-0.3, -0.25) is 4.21 Å². The highest BCUT2D eigenvalue weighted by Crippen LogP contribution is 2.28. The number of rotatable bonds is 8. The first kappa shape index (κ1) is 17.0. The monoisotopic (exact) mass is 327 g/mol. The van der Waals surface area contributed by atoms with Crippen LogP contribution < -0.4 is 5.32 Å². The molecule has 0 aromatic heterocycles. The Morgan fingerprint density at radius 3 is 2.76 bits per heavy atom. The normalized spacial score (nSPS) is 23.3. The lowest BCUT2D eigenvalue weighted by Gasteiger charge is -2.20. The Labute approximate surface area is 136 Å². The van der Waals surface area contributed by atoms with Gasteiger partial charge < -0.3 is 5.32 Å². The third kappa shape index (κ3) is 5.72. The van der Waals surface area contributed by atoms with Crippen LogP contribution in [0.5, 0.6) is 0 Å². The van der Waals surface area contributed by atoms with Gasteiger partial charge >= 0.3 is 0 Å². The van der Waals surface area contributed by atoms with Crippen molar-refractivity contribution in [3.8, 4) is 0 Å². The first-order chi connectivity index (χ1) is 10.2. The summed E-state index contributed by atoms with van der Waals surface area (Å²) in [6, 6.07) is 8.34. The molecule has 118 valence electrons. The van der Waals surface area contributed by atoms with Crippen molar-refractivity contribution < 1.29 is 4.21 Å². The van der Waals surface area contributed by atoms with Crippen LogP contribution in [0.2, 0.25) is 5.02 Å². The summed E-state index contributed by atoms with van der Waals surface area (Å²) >= 11 is 5.87. The van der Waals surface area contributed by atoms with Crippen LogP contribution in [0, 0.1) is 5.92 Å². The van der Waals surface area contributed by atoms with E-state index in [9.17, 15) is 4.21 Å². The van der Waals surface area contributed by atoms with Crippen molar-refractivity contribution in [3.63, 3.8) is 0 Å². The first-order valence-electron chi connectivity index (χ1n) is 8.02. The molecule has 1 saturated carbocycles. The predicted octanol–water partition coefficient (Wildman–Crippen LogP) is 4.15. The third-order valence-corrected chi connectivity index (χ3v) is 5.87. The van der Waals surface area contributed by atoms with E-state index in [-0.39, 0.29) is 0 Å². The topological polar surface area (TPSA) is 29.1 Å². The second-order valence-corrected chi connectivity index (χ2v) is 7.97. The summed E-state index contributed by atoms with van der Waals surface area (Å²) in [5, 5.41) is 4.38. The number of halogens is 1. The van der Waals surface area contributed by atoms with Crippen molar-refractivity contribution in [2.75, 3.05) is 12.3 Å². The van der Waals surface area contributed by atoms with Gasteiger partial charge in [-0.2, -0.15) is 0 Å². The standard InChI is InChI=1S/C17H26ClNOS/c1-2-11-19-17-5-3-4-15(17)10-12-21(20)13-14-6-8-16(18)9-7-14/h6-9,15,17,19H,2-5,10-13H2,1H3. The quantitative estimate of drug-likeness (QED) is 0.777. The SMILES string of the molecule is CCCNC1CCCC1CCS(=O)Cc1ccc(Cl)cc1. The minimum atomic E-state index is -0.765. The van der Waals surface area contributed by atoms with Crippen molar-refractivity contribution in [3.05, 3.63) is 34.9 Å². The molecule has 0 spiro atoms. The average Bonchev–Trinajstić information content (AvgIpc) is 2.93. The van der Waals surface area contributed by atoms with Crippen molar-refractivity contribution in [2.24, 2.45) is 5.92 Å². The third-order valence-electron chi connectivity index (χ3n) is 4.27. The zero-order chi connectivity index (χ0) is 15.1. The van der Waals surface area contributed by atoms with E-state index < -0.39 is 10.8 Å². The molecule has 1 fully saturated rings. The highest BCUT2D eigenvalue weighted by atomic mass is 35.5. The zero-order valence-electron chi connectivity index (χ0n) is 12.8. The van der Waals surface area contributed by atoms with Gasteiger partial charge in [-0.1, -0.05) is 37.1 Å². The average molecular weight is 328 g/mol. The van der Waals surface area contributed by atoms with Crippen LogP contribution in [0.4, 0.5) is 0 Å². The maximum Gasteiger partial charge on any atom is 0.0485 e. The van der Waals surface area contributed by atoms with E-state index in [4.69, 9.17) is 11.6 Å². The first-order valence-corrected chi connectivity index (χ1v) is 9.88. The van der Waals surface area contributed by atoms with Gasteiger partial charge in [-0.05, 0) is 55.8 Å². The van der Waals surface area contributed by atoms with Crippen LogP contribution in [0.25, 0.3) is 0 Å². The Balaban J connectivity index is 1.74. The number of hydrogen-bond acceptors (Lipinski definition) is 2. The van der Waals surface area contributed by atoms with Crippen LogP contribution in [-0.2, 0) is 16.6 Å². The van der Waals surface area contributed by atoms with Crippen LogP contribution in [-0.4, -0.2) is 22.5 Å². The molecule has 2 rings (SSSR count). The van der Waals surface area contributed by atoms with Crippen molar-refractivity contribution in [2.45, 2.75) is 50.8 Å². The Morgan fingerprint density at radius 2 is 2.05 bits per heavy atom. The molecule has 0 heterocycles. The van der Waals surface area contributed by atoms with E-state index in [0.29, 0.717) is 17.7 Å². The second kappa shape index (κ2) is 8.92. The van der Waals surface area contributed by atoms with Crippen LogP contribution in [0.3, 0.4) is 0 Å². The molecule has 0 aliphatic heterocycles. The zero-order valence-corrected chi connectivity index (χ0v) is 14.4. The molecule has 4 heteroatoms. The molecule has 1 aliphatic carbocycles. The molecule has 0 bridgehead atoms. The largest absolute Gasteiger partial charge is 0.314 e. The Kier molecular flexibility index (Phi) is 7.21. The van der Waals surface area contributed by atoms with E-state index in [1.165, 1.54) is 25.7 Å². The maximum atomic E-state index is 12.2. The van der Waals surface area contributed by atoms with Gasteiger partial charge in [0.05, 0.1) is 0 Å². The summed E-state index contributed by atoms with van der Waals surface area (Å²) in [6.45, 7) is 3.31. The molecular weight excluding hydrogens is 302 g/mol. The van der Waals surface area contributed by atoms with E-state index in [2.05, 4.69) is 12.2 Å². The molecule has 3 unspecified atom stereocenters.